The van der Waals surface area contributed by atoms with Gasteiger partial charge in [0, 0.05) is 21.7 Å². The molecule has 0 unspecified atom stereocenters. The maximum absolute atomic E-state index is 12.5. The average Bonchev–Trinajstić information content (AvgIpc) is 3.27. The number of amides is 2. The van der Waals surface area contributed by atoms with Gasteiger partial charge in [-0.25, -0.2) is 17.9 Å². The van der Waals surface area contributed by atoms with E-state index in [4.69, 9.17) is 0 Å². The third-order valence-corrected chi connectivity index (χ3v) is 7.23. The summed E-state index contributed by atoms with van der Waals surface area (Å²) in [6, 6.07) is 16.3. The molecule has 8 heteroatoms. The Balaban J connectivity index is 1.45. The zero-order valence-corrected chi connectivity index (χ0v) is 16.9. The Morgan fingerprint density at radius 3 is 2.34 bits per heavy atom. The van der Waals surface area contributed by atoms with Crippen LogP contribution < -0.4 is 10.0 Å². The zero-order chi connectivity index (χ0) is 20.6. The minimum absolute atomic E-state index is 0.0450. The van der Waals surface area contributed by atoms with Gasteiger partial charge in [-0.05, 0) is 48.4 Å². The molecule has 0 atom stereocenters. The van der Waals surface area contributed by atoms with Crippen LogP contribution in [0.25, 0.3) is 11.6 Å². The maximum atomic E-state index is 12.5. The fourth-order valence-corrected chi connectivity index (χ4v) is 5.22. The van der Waals surface area contributed by atoms with Crippen molar-refractivity contribution in [3.8, 4) is 0 Å². The molecule has 4 rings (SSSR count). The molecule has 0 radical (unpaired) electrons. The summed E-state index contributed by atoms with van der Waals surface area (Å²) in [5.74, 6) is -0.0450. The molecule has 29 heavy (non-hydrogen) atoms. The van der Waals surface area contributed by atoms with Crippen LogP contribution in [-0.4, -0.2) is 20.2 Å². The first kappa shape index (κ1) is 19.1. The van der Waals surface area contributed by atoms with Crippen LogP contribution in [0.4, 0.5) is 10.5 Å². The van der Waals surface area contributed by atoms with Gasteiger partial charge in [-0.3, -0.25) is 4.79 Å². The monoisotopic (exact) mass is 424 g/mol. The number of hydrogen-bond acceptors (Lipinski definition) is 5. The van der Waals surface area contributed by atoms with Crippen molar-refractivity contribution in [3.05, 3.63) is 82.2 Å². The molecule has 1 heterocycles. The highest BCUT2D eigenvalue weighted by molar-refractivity contribution is 7.92. The van der Waals surface area contributed by atoms with Gasteiger partial charge < -0.3 is 5.32 Å². The third kappa shape index (κ3) is 3.85. The number of sulfonamides is 1. The van der Waals surface area contributed by atoms with Crippen LogP contribution in [0.2, 0.25) is 0 Å². The van der Waals surface area contributed by atoms with E-state index in [0.717, 1.165) is 27.3 Å². The highest BCUT2D eigenvalue weighted by atomic mass is 32.2. The summed E-state index contributed by atoms with van der Waals surface area (Å²) in [6.45, 7) is 1.79. The van der Waals surface area contributed by atoms with E-state index >= 15 is 0 Å². The third-order valence-electron chi connectivity index (χ3n) is 4.41. The number of urea groups is 1. The number of nitrogens with one attached hydrogen (secondary N) is 2. The molecule has 1 aliphatic rings. The quantitative estimate of drug-likeness (QED) is 0.653. The second-order valence-corrected chi connectivity index (χ2v) is 9.67. The Morgan fingerprint density at radius 2 is 1.69 bits per heavy atom. The van der Waals surface area contributed by atoms with Crippen LogP contribution in [0.3, 0.4) is 0 Å². The lowest BCUT2D eigenvalue weighted by atomic mass is 10.0. The highest BCUT2D eigenvalue weighted by Crippen LogP contribution is 2.31. The number of Topliss-reactive ketones (excluding diaryl/α,β-unsaturated/α-hetero) is 1. The van der Waals surface area contributed by atoms with Gasteiger partial charge in [0.05, 0.1) is 0 Å². The average molecular weight is 425 g/mol. The molecule has 3 aromatic rings. The molecule has 0 fully saturated rings. The smallest absolute Gasteiger partial charge is 0.307 e. The Labute approximate surface area is 171 Å². The number of thiophene rings is 1. The molecule has 2 amide bonds. The highest BCUT2D eigenvalue weighted by Gasteiger charge is 2.23. The number of anilines is 1. The topological polar surface area (TPSA) is 92.3 Å². The largest absolute Gasteiger partial charge is 0.333 e. The molecular weight excluding hydrogens is 408 g/mol. The van der Waals surface area contributed by atoms with Crippen LogP contribution in [0.1, 0.15) is 26.4 Å². The lowest BCUT2D eigenvalue weighted by molar-refractivity contribution is 0.105. The van der Waals surface area contributed by atoms with Crippen molar-refractivity contribution < 1.29 is 18.0 Å². The lowest BCUT2D eigenvalue weighted by Gasteiger charge is -2.08. The normalized spacial score (nSPS) is 13.0. The van der Waals surface area contributed by atoms with E-state index in [1.807, 2.05) is 29.0 Å². The number of hydrogen-bond donors (Lipinski definition) is 2. The molecule has 1 aliphatic carbocycles. The summed E-state index contributed by atoms with van der Waals surface area (Å²) in [5, 5.41) is 2.49. The predicted octanol–water partition coefficient (Wildman–Crippen LogP) is 4.30. The van der Waals surface area contributed by atoms with Gasteiger partial charge >= 0.3 is 6.03 Å². The number of rotatable bonds is 4. The van der Waals surface area contributed by atoms with Gasteiger partial charge in [0.25, 0.3) is 10.0 Å². The van der Waals surface area contributed by atoms with Crippen molar-refractivity contribution in [3.63, 3.8) is 0 Å². The van der Waals surface area contributed by atoms with Crippen LogP contribution in [0, 0.1) is 6.92 Å². The number of ketones is 1. The first-order valence-electron chi connectivity index (χ1n) is 8.69. The van der Waals surface area contributed by atoms with Gasteiger partial charge in [-0.15, -0.1) is 11.3 Å². The van der Waals surface area contributed by atoms with Gasteiger partial charge in [0.1, 0.15) is 4.21 Å². The molecule has 0 bridgehead atoms. The van der Waals surface area contributed by atoms with Crippen molar-refractivity contribution in [2.24, 2.45) is 0 Å². The molecule has 6 nitrogen and oxygen atoms in total. The van der Waals surface area contributed by atoms with Crippen molar-refractivity contribution in [2.45, 2.75) is 11.1 Å². The van der Waals surface area contributed by atoms with Crippen molar-refractivity contribution in [1.82, 2.24) is 4.72 Å². The van der Waals surface area contributed by atoms with E-state index < -0.39 is 16.1 Å². The number of allylic oxidation sites excluding steroid dienone is 1. The number of fused-ring (bicyclic) bond motifs is 1. The molecule has 0 saturated heterocycles. The first-order valence-corrected chi connectivity index (χ1v) is 11.0. The summed E-state index contributed by atoms with van der Waals surface area (Å²) >= 11 is 1.09. The number of carbonyl (C=O) groups excluding carboxylic acids is 2. The molecule has 0 aliphatic heterocycles. The molecule has 0 spiro atoms. The summed E-state index contributed by atoms with van der Waals surface area (Å²) in [4.78, 5) is 25.5. The molecule has 1 aromatic heterocycles. The second kappa shape index (κ2) is 7.31. The summed E-state index contributed by atoms with van der Waals surface area (Å²) in [6.07, 6.45) is 1.84. The summed E-state index contributed by atoms with van der Waals surface area (Å²) in [5.41, 5.74) is 3.25. The van der Waals surface area contributed by atoms with Gasteiger partial charge in [0.2, 0.25) is 0 Å². The molecule has 146 valence electrons. The molecule has 2 N–H and O–H groups in total. The Morgan fingerprint density at radius 1 is 0.966 bits per heavy atom. The second-order valence-electron chi connectivity index (χ2n) is 6.48. The van der Waals surface area contributed by atoms with E-state index in [1.54, 1.807) is 43.3 Å². The number of carbonyl (C=O) groups is 2. The van der Waals surface area contributed by atoms with E-state index in [-0.39, 0.29) is 9.99 Å². The SMILES string of the molecule is Cc1ccc(S(=O)(=O)NC(=O)Nc2ccc(C3=Cc4ccccc4C3=O)cc2)s1. The number of aryl methyl sites for hydroxylation is 1. The van der Waals surface area contributed by atoms with Crippen molar-refractivity contribution >= 4 is 50.5 Å². The summed E-state index contributed by atoms with van der Waals surface area (Å²) < 4.78 is 26.5. The van der Waals surface area contributed by atoms with Crippen LogP contribution in [0.15, 0.2) is 64.9 Å². The Kier molecular flexibility index (Phi) is 4.81. The van der Waals surface area contributed by atoms with Crippen LogP contribution in [0.5, 0.6) is 0 Å². The van der Waals surface area contributed by atoms with Crippen LogP contribution in [-0.2, 0) is 10.0 Å². The fraction of sp³-hybridized carbons (Fsp3) is 0.0476. The van der Waals surface area contributed by atoms with E-state index in [2.05, 4.69) is 5.32 Å². The minimum Gasteiger partial charge on any atom is -0.307 e. The van der Waals surface area contributed by atoms with Gasteiger partial charge in [-0.1, -0.05) is 36.4 Å². The van der Waals surface area contributed by atoms with E-state index in [1.165, 1.54) is 6.07 Å². The van der Waals surface area contributed by atoms with E-state index in [0.29, 0.717) is 16.8 Å². The maximum Gasteiger partial charge on any atom is 0.333 e. The lowest BCUT2D eigenvalue weighted by Crippen LogP contribution is -2.33. The number of benzene rings is 2. The van der Waals surface area contributed by atoms with Gasteiger partial charge in [-0.2, -0.15) is 0 Å². The van der Waals surface area contributed by atoms with Crippen molar-refractivity contribution in [1.29, 1.82) is 0 Å². The van der Waals surface area contributed by atoms with Gasteiger partial charge in [0.15, 0.2) is 5.78 Å². The Hall–Kier alpha value is -3.23. The zero-order valence-electron chi connectivity index (χ0n) is 15.3. The van der Waals surface area contributed by atoms with Crippen LogP contribution >= 0.6 is 11.3 Å². The summed E-state index contributed by atoms with van der Waals surface area (Å²) in [7, 11) is -3.92. The first-order chi connectivity index (χ1) is 13.8. The Bertz CT molecular complexity index is 1260. The standard InChI is InChI=1S/C21H16N2O4S2/c1-13-6-11-19(28-13)29(26,27)23-21(25)22-16-9-7-14(8-10-16)18-12-15-4-2-3-5-17(15)20(18)24/h2-12H,1H3,(H2,22,23,25). The molecule has 0 saturated carbocycles. The molecular formula is C21H16N2O4S2. The molecule has 2 aromatic carbocycles. The van der Waals surface area contributed by atoms with E-state index in [9.17, 15) is 18.0 Å². The predicted molar refractivity (Wildman–Crippen MR) is 113 cm³/mol. The van der Waals surface area contributed by atoms with Crippen molar-refractivity contribution in [2.75, 3.05) is 5.32 Å². The fourth-order valence-electron chi connectivity index (χ4n) is 3.03. The minimum atomic E-state index is -3.92.